The van der Waals surface area contributed by atoms with Gasteiger partial charge in [0, 0.05) is 11.8 Å². The van der Waals surface area contributed by atoms with E-state index in [0.717, 1.165) is 11.7 Å². The Morgan fingerprint density at radius 1 is 1.67 bits per heavy atom. The first-order chi connectivity index (χ1) is 4.20. The molecule has 9 heavy (non-hydrogen) atoms. The molecule has 0 spiro atoms. The maximum atomic E-state index is 5.50. The summed E-state index contributed by atoms with van der Waals surface area (Å²) in [4.78, 5) is 4.12. The second-order valence-corrected chi connectivity index (χ2v) is 3.88. The maximum absolute atomic E-state index is 5.50. The van der Waals surface area contributed by atoms with Crippen LogP contribution in [-0.4, -0.2) is 17.0 Å². The van der Waals surface area contributed by atoms with E-state index in [1.165, 1.54) is 0 Å². The standard InChI is InChI=1S/C6H12N2S/c1-4-3-8-6(7)9-5(4)2/h4-5H,3H2,1-2H3,(H2,7,8). The highest BCUT2D eigenvalue weighted by atomic mass is 32.2. The van der Waals surface area contributed by atoms with E-state index in [-0.39, 0.29) is 0 Å². The third kappa shape index (κ3) is 1.61. The molecule has 0 saturated carbocycles. The fraction of sp³-hybridized carbons (Fsp3) is 0.833. The van der Waals surface area contributed by atoms with Crippen molar-refractivity contribution in [3.05, 3.63) is 0 Å². The fourth-order valence-corrected chi connectivity index (χ4v) is 1.57. The van der Waals surface area contributed by atoms with Crippen molar-refractivity contribution in [2.75, 3.05) is 6.54 Å². The van der Waals surface area contributed by atoms with Crippen LogP contribution in [0.2, 0.25) is 0 Å². The molecule has 1 aliphatic heterocycles. The molecule has 0 aromatic carbocycles. The van der Waals surface area contributed by atoms with E-state index in [2.05, 4.69) is 18.8 Å². The summed E-state index contributed by atoms with van der Waals surface area (Å²) >= 11 is 1.68. The Hall–Kier alpha value is -0.180. The average molecular weight is 144 g/mol. The molecule has 0 amide bonds. The van der Waals surface area contributed by atoms with Crippen molar-refractivity contribution in [3.8, 4) is 0 Å². The smallest absolute Gasteiger partial charge is 0.154 e. The molecule has 1 aliphatic rings. The second-order valence-electron chi connectivity index (χ2n) is 2.48. The van der Waals surface area contributed by atoms with Crippen LogP contribution in [0.25, 0.3) is 0 Å². The molecule has 3 heteroatoms. The van der Waals surface area contributed by atoms with Gasteiger partial charge in [0.2, 0.25) is 0 Å². The second kappa shape index (κ2) is 2.60. The molecule has 52 valence electrons. The number of amidine groups is 1. The lowest BCUT2D eigenvalue weighted by Gasteiger charge is -2.21. The van der Waals surface area contributed by atoms with Gasteiger partial charge in [-0.15, -0.1) is 0 Å². The topological polar surface area (TPSA) is 38.4 Å². The summed E-state index contributed by atoms with van der Waals surface area (Å²) < 4.78 is 0. The van der Waals surface area contributed by atoms with Gasteiger partial charge in [-0.3, -0.25) is 4.99 Å². The number of rotatable bonds is 0. The van der Waals surface area contributed by atoms with E-state index in [1.54, 1.807) is 11.8 Å². The minimum Gasteiger partial charge on any atom is -0.379 e. The summed E-state index contributed by atoms with van der Waals surface area (Å²) in [6.07, 6.45) is 0. The first kappa shape index (κ1) is 6.93. The Balaban J connectivity index is 2.54. The summed E-state index contributed by atoms with van der Waals surface area (Å²) in [6, 6.07) is 0. The van der Waals surface area contributed by atoms with Crippen LogP contribution >= 0.6 is 11.8 Å². The number of nitrogens with two attached hydrogens (primary N) is 1. The van der Waals surface area contributed by atoms with E-state index in [4.69, 9.17) is 5.73 Å². The summed E-state index contributed by atoms with van der Waals surface area (Å²) in [7, 11) is 0. The van der Waals surface area contributed by atoms with Gasteiger partial charge in [-0.1, -0.05) is 25.6 Å². The monoisotopic (exact) mass is 144 g/mol. The molecule has 0 bridgehead atoms. The number of thioether (sulfide) groups is 1. The SMILES string of the molecule is CC1CN=C(N)SC1C. The lowest BCUT2D eigenvalue weighted by molar-refractivity contribution is 0.587. The van der Waals surface area contributed by atoms with Crippen molar-refractivity contribution in [1.29, 1.82) is 0 Å². The first-order valence-corrected chi connectivity index (χ1v) is 4.04. The minimum atomic E-state index is 0.641. The molecule has 0 aromatic rings. The molecule has 0 aliphatic carbocycles. The molecular formula is C6H12N2S. The van der Waals surface area contributed by atoms with Crippen molar-refractivity contribution in [3.63, 3.8) is 0 Å². The Bertz CT molecular complexity index is 133. The Morgan fingerprint density at radius 2 is 2.33 bits per heavy atom. The number of hydrogen-bond donors (Lipinski definition) is 1. The van der Waals surface area contributed by atoms with Crippen LogP contribution in [-0.2, 0) is 0 Å². The summed E-state index contributed by atoms with van der Waals surface area (Å²) in [5.74, 6) is 0.683. The summed E-state index contributed by atoms with van der Waals surface area (Å²) in [5.41, 5.74) is 5.50. The quantitative estimate of drug-likeness (QED) is 0.552. The lowest BCUT2D eigenvalue weighted by Crippen LogP contribution is -2.25. The van der Waals surface area contributed by atoms with Gasteiger partial charge in [0.25, 0.3) is 0 Å². The van der Waals surface area contributed by atoms with Gasteiger partial charge in [-0.2, -0.15) is 0 Å². The van der Waals surface area contributed by atoms with Gasteiger partial charge < -0.3 is 5.73 Å². The zero-order chi connectivity index (χ0) is 6.85. The highest BCUT2D eigenvalue weighted by Crippen LogP contribution is 2.23. The zero-order valence-corrected chi connectivity index (χ0v) is 6.61. The molecule has 1 heterocycles. The molecule has 2 nitrogen and oxygen atoms in total. The van der Waals surface area contributed by atoms with E-state index < -0.39 is 0 Å². The number of hydrogen-bond acceptors (Lipinski definition) is 3. The van der Waals surface area contributed by atoms with Crippen LogP contribution < -0.4 is 5.73 Å². The average Bonchev–Trinajstić information content (AvgIpc) is 1.80. The van der Waals surface area contributed by atoms with Crippen LogP contribution in [0.3, 0.4) is 0 Å². The van der Waals surface area contributed by atoms with Gasteiger partial charge in [0.15, 0.2) is 5.17 Å². The Morgan fingerprint density at radius 3 is 2.78 bits per heavy atom. The summed E-state index contributed by atoms with van der Waals surface area (Å²) in [6.45, 7) is 5.30. The number of aliphatic imine (C=N–C) groups is 1. The molecule has 0 saturated heterocycles. The molecule has 1 rings (SSSR count). The van der Waals surface area contributed by atoms with Crippen LogP contribution in [0.1, 0.15) is 13.8 Å². The third-order valence-corrected chi connectivity index (χ3v) is 2.85. The molecular weight excluding hydrogens is 132 g/mol. The van der Waals surface area contributed by atoms with Crippen LogP contribution in [0.4, 0.5) is 0 Å². The molecule has 0 aromatic heterocycles. The molecule has 0 radical (unpaired) electrons. The normalized spacial score (nSPS) is 36.0. The highest BCUT2D eigenvalue weighted by Gasteiger charge is 2.17. The van der Waals surface area contributed by atoms with Crippen LogP contribution in [0.5, 0.6) is 0 Å². The number of nitrogens with zero attached hydrogens (tertiary/aromatic N) is 1. The molecule has 2 N–H and O–H groups in total. The van der Waals surface area contributed by atoms with Crippen LogP contribution in [0, 0.1) is 5.92 Å². The van der Waals surface area contributed by atoms with Crippen molar-refractivity contribution in [1.82, 2.24) is 0 Å². The van der Waals surface area contributed by atoms with Gasteiger partial charge >= 0.3 is 0 Å². The maximum Gasteiger partial charge on any atom is 0.154 e. The molecule has 0 fully saturated rings. The first-order valence-electron chi connectivity index (χ1n) is 3.16. The largest absolute Gasteiger partial charge is 0.379 e. The Labute approximate surface area is 59.9 Å². The highest BCUT2D eigenvalue weighted by molar-refractivity contribution is 8.14. The predicted octanol–water partition coefficient (Wildman–Crippen LogP) is 1.07. The van der Waals surface area contributed by atoms with Gasteiger partial charge in [-0.25, -0.2) is 0 Å². The van der Waals surface area contributed by atoms with E-state index in [1.807, 2.05) is 0 Å². The van der Waals surface area contributed by atoms with E-state index >= 15 is 0 Å². The predicted molar refractivity (Wildman–Crippen MR) is 42.7 cm³/mol. The minimum absolute atomic E-state index is 0.641. The van der Waals surface area contributed by atoms with Crippen molar-refractivity contribution >= 4 is 16.9 Å². The van der Waals surface area contributed by atoms with E-state index in [9.17, 15) is 0 Å². The van der Waals surface area contributed by atoms with E-state index in [0.29, 0.717) is 11.2 Å². The van der Waals surface area contributed by atoms with Gasteiger partial charge in [-0.05, 0) is 5.92 Å². The Kier molecular flexibility index (Phi) is 2.01. The third-order valence-electron chi connectivity index (χ3n) is 1.64. The van der Waals surface area contributed by atoms with Crippen molar-refractivity contribution in [2.45, 2.75) is 19.1 Å². The van der Waals surface area contributed by atoms with Crippen molar-refractivity contribution in [2.24, 2.45) is 16.6 Å². The van der Waals surface area contributed by atoms with Gasteiger partial charge in [0.05, 0.1) is 0 Å². The van der Waals surface area contributed by atoms with Crippen molar-refractivity contribution < 1.29 is 0 Å². The fourth-order valence-electron chi connectivity index (χ4n) is 0.726. The van der Waals surface area contributed by atoms with Gasteiger partial charge in [0.1, 0.15) is 0 Å². The molecule has 2 unspecified atom stereocenters. The molecule has 2 atom stereocenters. The lowest BCUT2D eigenvalue weighted by atomic mass is 10.1. The summed E-state index contributed by atoms with van der Waals surface area (Å²) in [5, 5.41) is 1.39. The van der Waals surface area contributed by atoms with Crippen LogP contribution in [0.15, 0.2) is 4.99 Å². The zero-order valence-electron chi connectivity index (χ0n) is 5.79.